The summed E-state index contributed by atoms with van der Waals surface area (Å²) < 4.78 is 7.15. The standard InChI is InChI=1S/C24H15ClN4O3/c25-17-9-11-18(12-10-17)27-22(30)16(15-26)14-20-23(32-19-6-2-1-3-7-19)28-21-8-4-5-13-29(21)24(20)31/h1-14H,(H,27,30). The van der Waals surface area contributed by atoms with E-state index in [9.17, 15) is 14.9 Å². The Bertz CT molecular complexity index is 1420. The lowest BCUT2D eigenvalue weighted by Crippen LogP contribution is -2.20. The maximum Gasteiger partial charge on any atom is 0.269 e. The Morgan fingerprint density at radius 1 is 1.06 bits per heavy atom. The van der Waals surface area contributed by atoms with Crippen LogP contribution in [0.4, 0.5) is 5.69 Å². The molecule has 0 unspecified atom stereocenters. The van der Waals surface area contributed by atoms with Gasteiger partial charge in [-0.3, -0.25) is 14.0 Å². The smallest absolute Gasteiger partial charge is 0.269 e. The molecular formula is C24H15ClN4O3. The van der Waals surface area contributed by atoms with Crippen molar-refractivity contribution in [2.45, 2.75) is 0 Å². The molecular weight excluding hydrogens is 428 g/mol. The van der Waals surface area contributed by atoms with Crippen LogP contribution in [-0.2, 0) is 4.79 Å². The highest BCUT2D eigenvalue weighted by molar-refractivity contribution is 6.30. The van der Waals surface area contributed by atoms with Crippen molar-refractivity contribution in [3.8, 4) is 17.7 Å². The second-order valence-corrected chi connectivity index (χ2v) is 7.05. The molecule has 2 heterocycles. The molecule has 1 amide bonds. The summed E-state index contributed by atoms with van der Waals surface area (Å²) in [6, 6.07) is 22.1. The van der Waals surface area contributed by atoms with E-state index in [0.29, 0.717) is 22.1 Å². The zero-order valence-electron chi connectivity index (χ0n) is 16.5. The van der Waals surface area contributed by atoms with Crippen molar-refractivity contribution in [1.82, 2.24) is 9.38 Å². The molecule has 0 atom stereocenters. The lowest BCUT2D eigenvalue weighted by molar-refractivity contribution is -0.112. The number of hydrogen-bond acceptors (Lipinski definition) is 5. The van der Waals surface area contributed by atoms with Crippen molar-refractivity contribution < 1.29 is 9.53 Å². The van der Waals surface area contributed by atoms with Gasteiger partial charge in [0.2, 0.25) is 5.88 Å². The Balaban J connectivity index is 1.79. The van der Waals surface area contributed by atoms with Gasteiger partial charge in [-0.2, -0.15) is 10.2 Å². The number of nitrogens with one attached hydrogen (secondary N) is 1. The molecule has 0 aliphatic heterocycles. The van der Waals surface area contributed by atoms with Gasteiger partial charge in [-0.15, -0.1) is 0 Å². The summed E-state index contributed by atoms with van der Waals surface area (Å²) >= 11 is 5.86. The van der Waals surface area contributed by atoms with Crippen LogP contribution in [0.1, 0.15) is 5.56 Å². The minimum Gasteiger partial charge on any atom is -0.438 e. The Morgan fingerprint density at radius 3 is 2.50 bits per heavy atom. The van der Waals surface area contributed by atoms with E-state index >= 15 is 0 Å². The first-order chi connectivity index (χ1) is 15.5. The van der Waals surface area contributed by atoms with Crippen LogP contribution in [0.2, 0.25) is 5.02 Å². The van der Waals surface area contributed by atoms with Crippen molar-refractivity contribution in [2.75, 3.05) is 5.32 Å². The number of hydrogen-bond donors (Lipinski definition) is 1. The molecule has 2 aromatic heterocycles. The summed E-state index contributed by atoms with van der Waals surface area (Å²) in [6.07, 6.45) is 2.73. The molecule has 0 saturated carbocycles. The summed E-state index contributed by atoms with van der Waals surface area (Å²) in [7, 11) is 0. The zero-order valence-corrected chi connectivity index (χ0v) is 17.3. The topological polar surface area (TPSA) is 96.5 Å². The summed E-state index contributed by atoms with van der Waals surface area (Å²) in [5, 5.41) is 12.7. The number of fused-ring (bicyclic) bond motifs is 1. The van der Waals surface area contributed by atoms with Gasteiger partial charge in [0, 0.05) is 16.9 Å². The lowest BCUT2D eigenvalue weighted by Gasteiger charge is -2.10. The van der Waals surface area contributed by atoms with Crippen molar-refractivity contribution in [3.63, 3.8) is 0 Å². The molecule has 0 saturated heterocycles. The Labute approximate surface area is 187 Å². The van der Waals surface area contributed by atoms with Crippen LogP contribution in [0.5, 0.6) is 11.6 Å². The molecule has 7 nitrogen and oxygen atoms in total. The number of aromatic nitrogens is 2. The van der Waals surface area contributed by atoms with Crippen LogP contribution in [0, 0.1) is 11.3 Å². The monoisotopic (exact) mass is 442 g/mol. The van der Waals surface area contributed by atoms with Gasteiger partial charge in [0.1, 0.15) is 28.6 Å². The Kier molecular flexibility index (Phi) is 5.97. The van der Waals surface area contributed by atoms with Gasteiger partial charge in [-0.25, -0.2) is 0 Å². The fourth-order valence-electron chi connectivity index (χ4n) is 2.91. The van der Waals surface area contributed by atoms with E-state index in [0.717, 1.165) is 0 Å². The van der Waals surface area contributed by atoms with Gasteiger partial charge in [0.15, 0.2) is 0 Å². The van der Waals surface area contributed by atoms with E-state index in [-0.39, 0.29) is 17.0 Å². The predicted octanol–water partition coefficient (Wildman–Crippen LogP) is 4.69. The van der Waals surface area contributed by atoms with Crippen molar-refractivity contribution in [3.05, 3.63) is 106 Å². The van der Waals surface area contributed by atoms with Gasteiger partial charge in [-0.05, 0) is 54.6 Å². The second kappa shape index (κ2) is 9.16. The third kappa shape index (κ3) is 4.51. The van der Waals surface area contributed by atoms with Crippen LogP contribution in [0.25, 0.3) is 11.7 Å². The average Bonchev–Trinajstić information content (AvgIpc) is 2.81. The van der Waals surface area contributed by atoms with E-state index in [1.165, 1.54) is 10.5 Å². The highest BCUT2D eigenvalue weighted by Crippen LogP contribution is 2.24. The van der Waals surface area contributed by atoms with Crippen LogP contribution in [0.15, 0.2) is 89.4 Å². The number of carbonyl (C=O) groups is 1. The van der Waals surface area contributed by atoms with Crippen LogP contribution in [-0.4, -0.2) is 15.3 Å². The lowest BCUT2D eigenvalue weighted by atomic mass is 10.1. The molecule has 4 rings (SSSR count). The van der Waals surface area contributed by atoms with E-state index in [1.54, 1.807) is 72.9 Å². The molecule has 0 aliphatic carbocycles. The second-order valence-electron chi connectivity index (χ2n) is 6.61. The number of halogens is 1. The summed E-state index contributed by atoms with van der Waals surface area (Å²) in [5.74, 6) is -0.240. The van der Waals surface area contributed by atoms with Crippen molar-refractivity contribution in [1.29, 1.82) is 5.26 Å². The molecule has 0 radical (unpaired) electrons. The molecule has 0 spiro atoms. The molecule has 1 N–H and O–H groups in total. The Hall–Kier alpha value is -4.41. The number of rotatable bonds is 5. The number of carbonyl (C=O) groups excluding carboxylic acids is 1. The average molecular weight is 443 g/mol. The fraction of sp³-hybridized carbons (Fsp3) is 0. The minimum absolute atomic E-state index is 0.0144. The first-order valence-corrected chi connectivity index (χ1v) is 9.86. The van der Waals surface area contributed by atoms with E-state index in [2.05, 4.69) is 10.3 Å². The van der Waals surface area contributed by atoms with Gasteiger partial charge < -0.3 is 10.1 Å². The van der Waals surface area contributed by atoms with E-state index in [1.807, 2.05) is 12.1 Å². The highest BCUT2D eigenvalue weighted by atomic mass is 35.5. The van der Waals surface area contributed by atoms with E-state index in [4.69, 9.17) is 16.3 Å². The first kappa shape index (κ1) is 20.8. The summed E-state index contributed by atoms with van der Waals surface area (Å²) in [6.45, 7) is 0. The highest BCUT2D eigenvalue weighted by Gasteiger charge is 2.17. The normalized spacial score (nSPS) is 11.1. The fourth-order valence-corrected chi connectivity index (χ4v) is 3.03. The minimum atomic E-state index is -0.682. The first-order valence-electron chi connectivity index (χ1n) is 9.48. The number of benzene rings is 2. The van der Waals surface area contributed by atoms with Crippen LogP contribution < -0.4 is 15.6 Å². The summed E-state index contributed by atoms with van der Waals surface area (Å²) in [5.41, 5.74) is 0.0287. The SMILES string of the molecule is N#CC(=Cc1c(Oc2ccccc2)nc2ccccn2c1=O)C(=O)Nc1ccc(Cl)cc1. The quantitative estimate of drug-likeness (QED) is 0.357. The maximum absolute atomic E-state index is 13.2. The van der Waals surface area contributed by atoms with Gasteiger partial charge in [-0.1, -0.05) is 35.9 Å². The zero-order chi connectivity index (χ0) is 22.5. The number of anilines is 1. The number of ether oxygens (including phenoxy) is 1. The number of nitriles is 1. The molecule has 8 heteroatoms. The third-order valence-electron chi connectivity index (χ3n) is 4.45. The molecule has 0 fully saturated rings. The number of amides is 1. The molecule has 2 aromatic carbocycles. The molecule has 32 heavy (non-hydrogen) atoms. The maximum atomic E-state index is 13.2. The molecule has 156 valence electrons. The van der Waals surface area contributed by atoms with Gasteiger partial charge in [0.25, 0.3) is 11.5 Å². The summed E-state index contributed by atoms with van der Waals surface area (Å²) in [4.78, 5) is 30.2. The molecule has 4 aromatic rings. The molecule has 0 bridgehead atoms. The number of pyridine rings is 1. The number of para-hydroxylation sites is 1. The van der Waals surface area contributed by atoms with Crippen LogP contribution in [0.3, 0.4) is 0 Å². The van der Waals surface area contributed by atoms with Crippen molar-refractivity contribution in [2.24, 2.45) is 0 Å². The number of nitrogens with zero attached hydrogens (tertiary/aromatic N) is 3. The predicted molar refractivity (Wildman–Crippen MR) is 122 cm³/mol. The van der Waals surface area contributed by atoms with Gasteiger partial charge >= 0.3 is 0 Å². The van der Waals surface area contributed by atoms with Gasteiger partial charge in [0.05, 0.1) is 0 Å². The largest absolute Gasteiger partial charge is 0.438 e. The molecule has 0 aliphatic rings. The van der Waals surface area contributed by atoms with Crippen LogP contribution >= 0.6 is 11.6 Å². The third-order valence-corrected chi connectivity index (χ3v) is 4.70. The van der Waals surface area contributed by atoms with Crippen molar-refractivity contribution >= 4 is 34.9 Å². The van der Waals surface area contributed by atoms with E-state index < -0.39 is 11.5 Å². The Morgan fingerprint density at radius 2 is 1.78 bits per heavy atom.